The van der Waals surface area contributed by atoms with Gasteiger partial charge in [0.05, 0.1) is 12.1 Å². The lowest BCUT2D eigenvalue weighted by Crippen LogP contribution is -2.20. The van der Waals surface area contributed by atoms with Crippen molar-refractivity contribution in [3.05, 3.63) is 29.5 Å². The maximum absolute atomic E-state index is 12.1. The van der Waals surface area contributed by atoms with Crippen molar-refractivity contribution < 1.29 is 19.4 Å². The minimum atomic E-state index is -0.860. The van der Waals surface area contributed by atoms with Gasteiger partial charge in [0.25, 0.3) is 5.78 Å². The number of carbonyl (C=O) groups excluding carboxylic acids is 2. The van der Waals surface area contributed by atoms with E-state index in [1.54, 1.807) is 43.7 Å². The molecule has 0 unspecified atom stereocenters. The van der Waals surface area contributed by atoms with Crippen LogP contribution >= 0.6 is 0 Å². The normalized spacial score (nSPS) is 10.7. The van der Waals surface area contributed by atoms with Crippen LogP contribution in [0.5, 0.6) is 5.75 Å². The summed E-state index contributed by atoms with van der Waals surface area (Å²) in [7, 11) is 1.68. The second-order valence-corrected chi connectivity index (χ2v) is 4.28. The topological polar surface area (TPSA) is 68.5 Å². The van der Waals surface area contributed by atoms with Crippen molar-refractivity contribution in [2.75, 3.05) is 6.61 Å². The molecule has 0 fully saturated rings. The molecule has 0 amide bonds. The third-order valence-corrected chi connectivity index (χ3v) is 3.11. The highest BCUT2D eigenvalue weighted by atomic mass is 16.5. The molecule has 0 bridgehead atoms. The Morgan fingerprint density at radius 3 is 2.68 bits per heavy atom. The SMILES string of the molecule is CCOC(=O)C(=O)c1c(C)c2ccc(O)cc2n1C. The lowest BCUT2D eigenvalue weighted by molar-refractivity contribution is -0.137. The number of ether oxygens (including phenoxy) is 1. The van der Waals surface area contributed by atoms with E-state index in [0.29, 0.717) is 16.8 Å². The summed E-state index contributed by atoms with van der Waals surface area (Å²) in [6.07, 6.45) is 0. The van der Waals surface area contributed by atoms with Gasteiger partial charge in [-0.3, -0.25) is 4.79 Å². The number of carbonyl (C=O) groups is 2. The molecule has 0 saturated carbocycles. The van der Waals surface area contributed by atoms with Crippen molar-refractivity contribution in [3.63, 3.8) is 0 Å². The van der Waals surface area contributed by atoms with E-state index in [1.807, 2.05) is 0 Å². The first-order chi connectivity index (χ1) is 8.97. The molecule has 0 aliphatic heterocycles. The highest BCUT2D eigenvalue weighted by Crippen LogP contribution is 2.28. The first-order valence-corrected chi connectivity index (χ1v) is 5.96. The van der Waals surface area contributed by atoms with Gasteiger partial charge in [-0.05, 0) is 31.5 Å². The molecule has 5 heteroatoms. The Labute approximate surface area is 110 Å². The average molecular weight is 261 g/mol. The van der Waals surface area contributed by atoms with Gasteiger partial charge < -0.3 is 14.4 Å². The molecule has 0 atom stereocenters. The van der Waals surface area contributed by atoms with Crippen LogP contribution in [0, 0.1) is 6.92 Å². The molecular weight excluding hydrogens is 246 g/mol. The summed E-state index contributed by atoms with van der Waals surface area (Å²) in [5, 5.41) is 10.3. The van der Waals surface area contributed by atoms with Gasteiger partial charge >= 0.3 is 5.97 Å². The monoisotopic (exact) mass is 261 g/mol. The largest absolute Gasteiger partial charge is 0.508 e. The summed E-state index contributed by atoms with van der Waals surface area (Å²) >= 11 is 0. The second-order valence-electron chi connectivity index (χ2n) is 4.28. The van der Waals surface area contributed by atoms with Gasteiger partial charge in [0.2, 0.25) is 0 Å². The van der Waals surface area contributed by atoms with Crippen LogP contribution in [0.1, 0.15) is 23.0 Å². The lowest BCUT2D eigenvalue weighted by atomic mass is 10.1. The predicted octanol–water partition coefficient (Wildman–Crippen LogP) is 1.94. The Hall–Kier alpha value is -2.30. The quantitative estimate of drug-likeness (QED) is 0.521. The van der Waals surface area contributed by atoms with E-state index in [-0.39, 0.29) is 12.4 Å². The van der Waals surface area contributed by atoms with Crippen LogP contribution in [-0.4, -0.2) is 28.0 Å². The average Bonchev–Trinajstić information content (AvgIpc) is 2.61. The van der Waals surface area contributed by atoms with Crippen LogP contribution in [-0.2, 0) is 16.6 Å². The van der Waals surface area contributed by atoms with Crippen LogP contribution < -0.4 is 0 Å². The fraction of sp³-hybridized carbons (Fsp3) is 0.286. The number of Topliss-reactive ketones (excluding diaryl/α,β-unsaturated/α-hetero) is 1. The van der Waals surface area contributed by atoms with Crippen LogP contribution in [0.4, 0.5) is 0 Å². The number of nitrogens with zero attached hydrogens (tertiary/aromatic N) is 1. The van der Waals surface area contributed by atoms with Crippen molar-refractivity contribution in [1.29, 1.82) is 0 Å². The summed E-state index contributed by atoms with van der Waals surface area (Å²) in [6, 6.07) is 4.83. The third-order valence-electron chi connectivity index (χ3n) is 3.11. The summed E-state index contributed by atoms with van der Waals surface area (Å²) in [5.74, 6) is -1.42. The van der Waals surface area contributed by atoms with Crippen molar-refractivity contribution in [3.8, 4) is 5.75 Å². The first-order valence-electron chi connectivity index (χ1n) is 5.96. The lowest BCUT2D eigenvalue weighted by Gasteiger charge is -2.04. The molecule has 0 saturated heterocycles. The zero-order valence-corrected chi connectivity index (χ0v) is 11.1. The van der Waals surface area contributed by atoms with Gasteiger partial charge in [-0.2, -0.15) is 0 Å². The van der Waals surface area contributed by atoms with E-state index in [9.17, 15) is 14.7 Å². The molecule has 2 aromatic rings. The predicted molar refractivity (Wildman–Crippen MR) is 70.3 cm³/mol. The minimum Gasteiger partial charge on any atom is -0.508 e. The van der Waals surface area contributed by atoms with Crippen molar-refractivity contribution in [2.45, 2.75) is 13.8 Å². The number of hydrogen-bond donors (Lipinski definition) is 1. The number of rotatable bonds is 3. The Bertz CT molecular complexity index is 670. The number of esters is 1. The number of phenolic OH excluding ortho intramolecular Hbond substituents is 1. The second kappa shape index (κ2) is 4.76. The fourth-order valence-electron chi connectivity index (χ4n) is 2.23. The molecule has 1 heterocycles. The minimum absolute atomic E-state index is 0.114. The molecule has 19 heavy (non-hydrogen) atoms. The fourth-order valence-corrected chi connectivity index (χ4v) is 2.23. The zero-order chi connectivity index (χ0) is 14.2. The van der Waals surface area contributed by atoms with E-state index >= 15 is 0 Å². The van der Waals surface area contributed by atoms with Gasteiger partial charge in [0.15, 0.2) is 0 Å². The number of aromatic nitrogens is 1. The Balaban J connectivity index is 2.61. The molecule has 1 aromatic heterocycles. The van der Waals surface area contributed by atoms with Gasteiger partial charge in [0, 0.05) is 18.5 Å². The highest BCUT2D eigenvalue weighted by Gasteiger charge is 2.25. The molecule has 5 nitrogen and oxygen atoms in total. The van der Waals surface area contributed by atoms with Gasteiger partial charge in [0.1, 0.15) is 11.4 Å². The molecule has 100 valence electrons. The zero-order valence-electron chi connectivity index (χ0n) is 11.1. The standard InChI is InChI=1S/C14H15NO4/c1-4-19-14(18)13(17)12-8(2)10-6-5-9(16)7-11(10)15(12)3/h5-7,16H,4H2,1-3H3. The number of hydrogen-bond acceptors (Lipinski definition) is 4. The highest BCUT2D eigenvalue weighted by molar-refractivity contribution is 6.41. The van der Waals surface area contributed by atoms with E-state index in [1.165, 1.54) is 0 Å². The Morgan fingerprint density at radius 2 is 2.05 bits per heavy atom. The van der Waals surface area contributed by atoms with Crippen LogP contribution in [0.3, 0.4) is 0 Å². The number of phenols is 1. The molecular formula is C14H15NO4. The number of aromatic hydroxyl groups is 1. The van der Waals surface area contributed by atoms with E-state index in [0.717, 1.165) is 5.39 Å². The number of aryl methyl sites for hydroxylation is 2. The summed E-state index contributed by atoms with van der Waals surface area (Å²) in [5.41, 5.74) is 1.69. The number of ketones is 1. The van der Waals surface area contributed by atoms with E-state index in [4.69, 9.17) is 4.74 Å². The summed E-state index contributed by atoms with van der Waals surface area (Å²) in [6.45, 7) is 3.58. The maximum atomic E-state index is 12.1. The van der Waals surface area contributed by atoms with Gasteiger partial charge in [-0.1, -0.05) is 0 Å². The summed E-state index contributed by atoms with van der Waals surface area (Å²) < 4.78 is 6.34. The van der Waals surface area contributed by atoms with E-state index < -0.39 is 11.8 Å². The van der Waals surface area contributed by atoms with Gasteiger partial charge in [-0.15, -0.1) is 0 Å². The third kappa shape index (κ3) is 2.07. The van der Waals surface area contributed by atoms with Crippen molar-refractivity contribution in [1.82, 2.24) is 4.57 Å². The van der Waals surface area contributed by atoms with E-state index in [2.05, 4.69) is 0 Å². The Kier molecular flexibility index (Phi) is 3.29. The number of fused-ring (bicyclic) bond motifs is 1. The smallest absolute Gasteiger partial charge is 0.381 e. The molecule has 0 spiro atoms. The molecule has 1 N–H and O–H groups in total. The van der Waals surface area contributed by atoms with Crippen molar-refractivity contribution >= 4 is 22.7 Å². The molecule has 2 rings (SSSR count). The number of benzene rings is 1. The van der Waals surface area contributed by atoms with Crippen molar-refractivity contribution in [2.24, 2.45) is 7.05 Å². The van der Waals surface area contributed by atoms with Crippen LogP contribution in [0.15, 0.2) is 18.2 Å². The maximum Gasteiger partial charge on any atom is 0.381 e. The molecule has 0 aliphatic carbocycles. The Morgan fingerprint density at radius 1 is 1.37 bits per heavy atom. The van der Waals surface area contributed by atoms with Crippen LogP contribution in [0.25, 0.3) is 10.9 Å². The van der Waals surface area contributed by atoms with Gasteiger partial charge in [-0.25, -0.2) is 4.79 Å². The van der Waals surface area contributed by atoms with Crippen LogP contribution in [0.2, 0.25) is 0 Å². The molecule has 0 radical (unpaired) electrons. The molecule has 0 aliphatic rings. The summed E-state index contributed by atoms with van der Waals surface area (Å²) in [4.78, 5) is 23.6. The first kappa shape index (κ1) is 13.1. The molecule has 1 aromatic carbocycles.